The molecule has 1 aromatic rings. The highest BCUT2D eigenvalue weighted by Gasteiger charge is 2.30. The molecule has 19 heavy (non-hydrogen) atoms. The number of nitrogens with two attached hydrogens (primary N) is 1. The summed E-state index contributed by atoms with van der Waals surface area (Å²) in [7, 11) is 0. The van der Waals surface area contributed by atoms with E-state index in [1.165, 1.54) is 0 Å². The molecule has 102 valence electrons. The van der Waals surface area contributed by atoms with Crippen LogP contribution in [-0.2, 0) is 0 Å². The zero-order valence-corrected chi connectivity index (χ0v) is 11.9. The molecule has 0 saturated carbocycles. The molecular weight excluding hydrogens is 312 g/mol. The van der Waals surface area contributed by atoms with Gasteiger partial charge in [-0.1, -0.05) is 5.16 Å². The Hall–Kier alpha value is -1.63. The highest BCUT2D eigenvalue weighted by molar-refractivity contribution is 9.10. The lowest BCUT2D eigenvalue weighted by Crippen LogP contribution is -2.50. The molecule has 1 saturated heterocycles. The molecule has 0 aliphatic carbocycles. The number of rotatable bonds is 2. The van der Waals surface area contributed by atoms with Crippen molar-refractivity contribution in [1.29, 1.82) is 0 Å². The number of oxime groups is 1. The minimum Gasteiger partial charge on any atom is -0.409 e. The van der Waals surface area contributed by atoms with Crippen LogP contribution in [0.2, 0.25) is 0 Å². The van der Waals surface area contributed by atoms with Crippen LogP contribution in [0.15, 0.2) is 28.0 Å². The molecule has 1 aliphatic heterocycles. The zero-order chi connectivity index (χ0) is 13.8. The fraction of sp³-hybridized carbons (Fsp3) is 0.417. The van der Waals surface area contributed by atoms with Crippen LogP contribution >= 0.6 is 15.9 Å². The number of amides is 1. The van der Waals surface area contributed by atoms with E-state index >= 15 is 0 Å². The molecule has 1 aromatic heterocycles. The Labute approximate surface area is 119 Å². The van der Waals surface area contributed by atoms with Crippen molar-refractivity contribution in [3.63, 3.8) is 0 Å². The van der Waals surface area contributed by atoms with Gasteiger partial charge in [0.2, 0.25) is 0 Å². The van der Waals surface area contributed by atoms with Crippen molar-refractivity contribution in [2.24, 2.45) is 10.9 Å². The Kier molecular flexibility index (Phi) is 4.36. The van der Waals surface area contributed by atoms with Crippen LogP contribution < -0.4 is 5.73 Å². The Morgan fingerprint density at radius 1 is 1.53 bits per heavy atom. The number of hydrogen-bond donors (Lipinski definition) is 2. The summed E-state index contributed by atoms with van der Waals surface area (Å²) in [6.07, 6.45) is 4.16. The topological polar surface area (TPSA) is 91.8 Å². The van der Waals surface area contributed by atoms with E-state index in [1.54, 1.807) is 23.2 Å². The van der Waals surface area contributed by atoms with Crippen molar-refractivity contribution in [1.82, 2.24) is 9.88 Å². The van der Waals surface area contributed by atoms with Crippen molar-refractivity contribution in [2.75, 3.05) is 6.54 Å². The van der Waals surface area contributed by atoms with Crippen molar-refractivity contribution < 1.29 is 10.0 Å². The number of aromatic nitrogens is 1. The molecule has 0 bridgehead atoms. The summed E-state index contributed by atoms with van der Waals surface area (Å²) in [5.74, 6) is -0.117. The van der Waals surface area contributed by atoms with E-state index in [1.807, 2.05) is 0 Å². The number of nitrogens with zero attached hydrogens (tertiary/aromatic N) is 3. The first-order valence-electron chi connectivity index (χ1n) is 6.03. The summed E-state index contributed by atoms with van der Waals surface area (Å²) < 4.78 is 0.815. The summed E-state index contributed by atoms with van der Waals surface area (Å²) in [5, 5.41) is 11.8. The average molecular weight is 327 g/mol. The van der Waals surface area contributed by atoms with Crippen LogP contribution in [0.4, 0.5) is 0 Å². The third-order valence-corrected chi connectivity index (χ3v) is 3.64. The van der Waals surface area contributed by atoms with Crippen LogP contribution in [0, 0.1) is 0 Å². The largest absolute Gasteiger partial charge is 0.409 e. The number of halogens is 1. The molecular formula is C12H15BrN4O2. The molecule has 2 heterocycles. The Balaban J connectivity index is 2.22. The van der Waals surface area contributed by atoms with Gasteiger partial charge in [-0.2, -0.15) is 0 Å². The van der Waals surface area contributed by atoms with Gasteiger partial charge in [0.15, 0.2) is 5.84 Å². The van der Waals surface area contributed by atoms with Gasteiger partial charge >= 0.3 is 0 Å². The zero-order valence-electron chi connectivity index (χ0n) is 10.3. The third-order valence-electron chi connectivity index (χ3n) is 3.17. The van der Waals surface area contributed by atoms with Crippen molar-refractivity contribution in [2.45, 2.75) is 25.3 Å². The third kappa shape index (κ3) is 3.04. The van der Waals surface area contributed by atoms with Crippen LogP contribution in [0.5, 0.6) is 0 Å². The molecule has 0 radical (unpaired) electrons. The van der Waals surface area contributed by atoms with Gasteiger partial charge in [-0.25, -0.2) is 4.98 Å². The minimum absolute atomic E-state index is 0.0742. The Morgan fingerprint density at radius 3 is 2.95 bits per heavy atom. The molecule has 1 amide bonds. The maximum atomic E-state index is 12.4. The molecule has 1 atom stereocenters. The monoisotopic (exact) mass is 326 g/mol. The summed E-state index contributed by atoms with van der Waals surface area (Å²) >= 11 is 3.28. The van der Waals surface area contributed by atoms with E-state index in [-0.39, 0.29) is 17.8 Å². The van der Waals surface area contributed by atoms with E-state index in [0.29, 0.717) is 18.7 Å². The van der Waals surface area contributed by atoms with Crippen LogP contribution in [0.1, 0.15) is 29.8 Å². The highest BCUT2D eigenvalue weighted by atomic mass is 79.9. The standard InChI is InChI=1S/C12H15BrN4O2/c13-8-4-5-9(15-7-8)12(18)17-6-2-1-3-10(17)11(14)16-19/h4-5,7,10,19H,1-3,6H2,(H2,14,16). The molecule has 2 rings (SSSR count). The molecule has 1 unspecified atom stereocenters. The molecule has 0 spiro atoms. The predicted molar refractivity (Wildman–Crippen MR) is 74.0 cm³/mol. The Morgan fingerprint density at radius 2 is 2.32 bits per heavy atom. The van der Waals surface area contributed by atoms with Crippen LogP contribution in [-0.4, -0.2) is 39.4 Å². The lowest BCUT2D eigenvalue weighted by Gasteiger charge is -2.34. The molecule has 1 aliphatic rings. The molecule has 0 aromatic carbocycles. The second kappa shape index (κ2) is 6.01. The Bertz CT molecular complexity index is 489. The van der Waals surface area contributed by atoms with Crippen molar-refractivity contribution >= 4 is 27.7 Å². The van der Waals surface area contributed by atoms with Crippen molar-refractivity contribution in [3.8, 4) is 0 Å². The van der Waals surface area contributed by atoms with E-state index < -0.39 is 0 Å². The van der Waals surface area contributed by atoms with E-state index in [4.69, 9.17) is 10.9 Å². The van der Waals surface area contributed by atoms with Gasteiger partial charge in [-0.3, -0.25) is 4.79 Å². The van der Waals surface area contributed by atoms with Gasteiger partial charge in [0.25, 0.3) is 5.91 Å². The van der Waals surface area contributed by atoms with Gasteiger partial charge in [0.1, 0.15) is 5.69 Å². The van der Waals surface area contributed by atoms with Gasteiger partial charge in [-0.15, -0.1) is 0 Å². The number of carbonyl (C=O) groups is 1. The molecule has 3 N–H and O–H groups in total. The molecule has 6 nitrogen and oxygen atoms in total. The summed E-state index contributed by atoms with van der Waals surface area (Å²) in [5.41, 5.74) is 6.02. The van der Waals surface area contributed by atoms with Gasteiger partial charge < -0.3 is 15.8 Å². The maximum Gasteiger partial charge on any atom is 0.273 e. The number of pyridine rings is 1. The van der Waals surface area contributed by atoms with E-state index in [0.717, 1.165) is 17.3 Å². The average Bonchev–Trinajstić information content (AvgIpc) is 2.46. The lowest BCUT2D eigenvalue weighted by molar-refractivity contribution is 0.0670. The quantitative estimate of drug-likeness (QED) is 0.373. The number of hydrogen-bond acceptors (Lipinski definition) is 4. The first-order valence-corrected chi connectivity index (χ1v) is 6.82. The number of likely N-dealkylation sites (tertiary alicyclic amines) is 1. The summed E-state index contributed by atoms with van der Waals surface area (Å²) in [4.78, 5) is 18.1. The summed E-state index contributed by atoms with van der Waals surface area (Å²) in [6.45, 7) is 0.595. The first kappa shape index (κ1) is 13.8. The highest BCUT2D eigenvalue weighted by Crippen LogP contribution is 2.20. The first-order chi connectivity index (χ1) is 9.13. The number of carbonyl (C=O) groups excluding carboxylic acids is 1. The fourth-order valence-electron chi connectivity index (χ4n) is 2.20. The molecule has 7 heteroatoms. The van der Waals surface area contributed by atoms with Gasteiger partial charge in [-0.05, 0) is 47.3 Å². The lowest BCUT2D eigenvalue weighted by atomic mass is 10.0. The SMILES string of the molecule is NC(=NO)C1CCCCN1C(=O)c1ccc(Br)cn1. The van der Waals surface area contributed by atoms with Crippen molar-refractivity contribution in [3.05, 3.63) is 28.5 Å². The van der Waals surface area contributed by atoms with Crippen LogP contribution in [0.25, 0.3) is 0 Å². The van der Waals surface area contributed by atoms with Crippen LogP contribution in [0.3, 0.4) is 0 Å². The molecule has 1 fully saturated rings. The number of amidine groups is 1. The predicted octanol–water partition coefficient (Wildman–Crippen LogP) is 1.59. The normalized spacial score (nSPS) is 20.4. The van der Waals surface area contributed by atoms with Gasteiger partial charge in [0.05, 0.1) is 6.04 Å². The van der Waals surface area contributed by atoms with E-state index in [9.17, 15) is 4.79 Å². The number of piperidine rings is 1. The maximum absolute atomic E-state index is 12.4. The fourth-order valence-corrected chi connectivity index (χ4v) is 2.43. The van der Waals surface area contributed by atoms with Gasteiger partial charge in [0, 0.05) is 17.2 Å². The second-order valence-corrected chi connectivity index (χ2v) is 5.31. The second-order valence-electron chi connectivity index (χ2n) is 4.40. The van der Waals surface area contributed by atoms with E-state index in [2.05, 4.69) is 26.1 Å². The minimum atomic E-state index is -0.350. The smallest absolute Gasteiger partial charge is 0.273 e. The summed E-state index contributed by atoms with van der Waals surface area (Å²) in [6, 6.07) is 3.07.